The van der Waals surface area contributed by atoms with Crippen molar-refractivity contribution >= 4 is 38.9 Å². The molecule has 3 aromatic carbocycles. The van der Waals surface area contributed by atoms with Crippen LogP contribution in [0.15, 0.2) is 81.9 Å². The maximum Gasteiger partial charge on any atom is 0.295 e. The molecule has 0 aliphatic heterocycles. The van der Waals surface area contributed by atoms with Gasteiger partial charge in [0.15, 0.2) is 0 Å². The number of benzene rings is 3. The molecule has 0 heterocycles. The van der Waals surface area contributed by atoms with Crippen LogP contribution in [0.5, 0.6) is 11.5 Å². The van der Waals surface area contributed by atoms with E-state index in [1.165, 1.54) is 31.4 Å². The lowest BCUT2D eigenvalue weighted by molar-refractivity contribution is 0.0995. The fourth-order valence-corrected chi connectivity index (χ4v) is 4.79. The van der Waals surface area contributed by atoms with Crippen LogP contribution in [-0.2, 0) is 22.9 Å². The lowest BCUT2D eigenvalue weighted by Crippen LogP contribution is -2.15. The molecule has 3 aromatic rings. The second kappa shape index (κ2) is 9.66. The number of anilines is 1. The van der Waals surface area contributed by atoms with E-state index in [-0.39, 0.29) is 27.6 Å². The standard InChI is InChI=1S/C24H20ClN3O5S/c1-33-17-9-11-18(12-10-17)34(31,32)28-21-14-22(23(29)20-8-3-2-7-19(20)21)26-27-24(30)15-5-4-6-16(25)13-15/h2-6,9-14,28-29H,7-8H2,1H3. The van der Waals surface area contributed by atoms with Crippen LogP contribution in [0.1, 0.15) is 21.5 Å². The van der Waals surface area contributed by atoms with Crippen molar-refractivity contribution in [3.8, 4) is 11.5 Å². The number of carbonyl (C=O) groups excluding carboxylic acids is 1. The van der Waals surface area contributed by atoms with E-state index in [0.29, 0.717) is 34.7 Å². The van der Waals surface area contributed by atoms with Gasteiger partial charge in [-0.05, 0) is 66.9 Å². The summed E-state index contributed by atoms with van der Waals surface area (Å²) in [6, 6.07) is 13.5. The molecule has 2 N–H and O–H groups in total. The largest absolute Gasteiger partial charge is 0.505 e. The van der Waals surface area contributed by atoms with Crippen LogP contribution in [-0.4, -0.2) is 26.5 Å². The quantitative estimate of drug-likeness (QED) is 0.267. The minimum Gasteiger partial charge on any atom is -0.505 e. The lowest BCUT2D eigenvalue weighted by atomic mass is 9.93. The van der Waals surface area contributed by atoms with E-state index in [9.17, 15) is 18.3 Å². The number of fused-ring (bicyclic) bond motifs is 1. The molecule has 0 atom stereocenters. The molecule has 0 unspecified atom stereocenters. The first-order valence-electron chi connectivity index (χ1n) is 10.2. The van der Waals surface area contributed by atoms with Gasteiger partial charge in [0.2, 0.25) is 0 Å². The highest BCUT2D eigenvalue weighted by Crippen LogP contribution is 2.41. The summed E-state index contributed by atoms with van der Waals surface area (Å²) < 4.78 is 33.7. The summed E-state index contributed by atoms with van der Waals surface area (Å²) in [7, 11) is -2.45. The van der Waals surface area contributed by atoms with Crippen molar-refractivity contribution in [2.45, 2.75) is 17.7 Å². The number of nitrogens with zero attached hydrogens (tertiary/aromatic N) is 2. The predicted molar refractivity (Wildman–Crippen MR) is 129 cm³/mol. The fraction of sp³-hybridized carbons (Fsp3) is 0.125. The van der Waals surface area contributed by atoms with Gasteiger partial charge in [-0.25, -0.2) is 8.42 Å². The van der Waals surface area contributed by atoms with Gasteiger partial charge >= 0.3 is 0 Å². The van der Waals surface area contributed by atoms with Crippen molar-refractivity contribution in [1.29, 1.82) is 0 Å². The van der Waals surface area contributed by atoms with Gasteiger partial charge in [-0.3, -0.25) is 9.52 Å². The summed E-state index contributed by atoms with van der Waals surface area (Å²) in [5, 5.41) is 18.7. The number of halogens is 1. The van der Waals surface area contributed by atoms with Crippen molar-refractivity contribution in [1.82, 2.24) is 0 Å². The fourth-order valence-electron chi connectivity index (χ4n) is 3.51. The number of aromatic hydroxyl groups is 1. The first kappa shape index (κ1) is 23.5. The molecule has 0 saturated carbocycles. The molecular weight excluding hydrogens is 478 g/mol. The normalized spacial score (nSPS) is 13.0. The van der Waals surface area contributed by atoms with Crippen molar-refractivity contribution in [3.05, 3.63) is 88.5 Å². The van der Waals surface area contributed by atoms with E-state index in [1.807, 2.05) is 12.2 Å². The third-order valence-electron chi connectivity index (χ3n) is 5.24. The van der Waals surface area contributed by atoms with Crippen LogP contribution < -0.4 is 9.46 Å². The Balaban J connectivity index is 1.70. The van der Waals surface area contributed by atoms with Gasteiger partial charge in [0.05, 0.1) is 17.7 Å². The molecule has 0 saturated heterocycles. The van der Waals surface area contributed by atoms with Crippen molar-refractivity contribution < 1.29 is 23.1 Å². The van der Waals surface area contributed by atoms with E-state index in [0.717, 1.165) is 0 Å². The van der Waals surface area contributed by atoms with Gasteiger partial charge in [-0.2, -0.15) is 0 Å². The number of amides is 1. The topological polar surface area (TPSA) is 117 Å². The smallest absolute Gasteiger partial charge is 0.295 e. The second-order valence-corrected chi connectivity index (χ2v) is 9.54. The van der Waals surface area contributed by atoms with Crippen LogP contribution >= 0.6 is 11.6 Å². The molecule has 34 heavy (non-hydrogen) atoms. The Morgan fingerprint density at radius 1 is 1.06 bits per heavy atom. The maximum atomic E-state index is 13.0. The molecule has 174 valence electrons. The van der Waals surface area contributed by atoms with Crippen LogP contribution in [0, 0.1) is 0 Å². The highest BCUT2D eigenvalue weighted by Gasteiger charge is 2.23. The highest BCUT2D eigenvalue weighted by atomic mass is 35.5. The van der Waals surface area contributed by atoms with E-state index in [4.69, 9.17) is 16.3 Å². The van der Waals surface area contributed by atoms with E-state index >= 15 is 0 Å². The van der Waals surface area contributed by atoms with Crippen LogP contribution in [0.25, 0.3) is 0 Å². The maximum absolute atomic E-state index is 13.0. The molecule has 0 radical (unpaired) electrons. The molecular formula is C24H20ClN3O5S. The van der Waals surface area contributed by atoms with Gasteiger partial charge < -0.3 is 9.84 Å². The van der Waals surface area contributed by atoms with Crippen LogP contribution in [0.3, 0.4) is 0 Å². The van der Waals surface area contributed by atoms with Crippen LogP contribution in [0.4, 0.5) is 11.4 Å². The number of azo groups is 1. The van der Waals surface area contributed by atoms with E-state index in [2.05, 4.69) is 15.0 Å². The minimum absolute atomic E-state index is 0.0307. The number of phenolic OH excluding ortho intramolecular Hbond substituents is 1. The SMILES string of the molecule is COc1ccc(S(=O)(=O)Nc2cc(N=NC(=O)c3cccc(Cl)c3)c(O)c3c2CC=CC3)cc1. The van der Waals surface area contributed by atoms with Gasteiger partial charge in [-0.1, -0.05) is 29.8 Å². The number of phenols is 1. The number of methoxy groups -OCH3 is 1. The molecule has 0 fully saturated rings. The number of rotatable bonds is 6. The first-order valence-corrected chi connectivity index (χ1v) is 12.1. The lowest BCUT2D eigenvalue weighted by Gasteiger charge is -2.20. The number of allylic oxidation sites excluding steroid dienone is 2. The zero-order valence-electron chi connectivity index (χ0n) is 18.0. The molecule has 1 aliphatic carbocycles. The van der Waals surface area contributed by atoms with Crippen molar-refractivity contribution in [2.75, 3.05) is 11.8 Å². The number of hydrogen-bond acceptors (Lipinski definition) is 6. The number of carbonyl (C=O) groups is 1. The first-order chi connectivity index (χ1) is 16.3. The number of ether oxygens (including phenoxy) is 1. The molecule has 0 aromatic heterocycles. The Morgan fingerprint density at radius 2 is 1.76 bits per heavy atom. The number of hydrogen-bond donors (Lipinski definition) is 2. The average molecular weight is 498 g/mol. The Morgan fingerprint density at radius 3 is 2.44 bits per heavy atom. The monoisotopic (exact) mass is 497 g/mol. The van der Waals surface area contributed by atoms with Gasteiger partial charge in [0.25, 0.3) is 15.9 Å². The van der Waals surface area contributed by atoms with E-state index in [1.54, 1.807) is 30.3 Å². The van der Waals surface area contributed by atoms with Gasteiger partial charge in [-0.15, -0.1) is 10.2 Å². The average Bonchev–Trinajstić information content (AvgIpc) is 2.84. The second-order valence-electron chi connectivity index (χ2n) is 7.43. The van der Waals surface area contributed by atoms with Crippen molar-refractivity contribution in [3.63, 3.8) is 0 Å². The zero-order chi connectivity index (χ0) is 24.3. The summed E-state index contributed by atoms with van der Waals surface area (Å²) in [6.45, 7) is 0. The molecule has 8 nitrogen and oxygen atoms in total. The van der Waals surface area contributed by atoms with Crippen LogP contribution in [0.2, 0.25) is 5.02 Å². The minimum atomic E-state index is -3.95. The van der Waals surface area contributed by atoms with Crippen molar-refractivity contribution in [2.24, 2.45) is 10.2 Å². The zero-order valence-corrected chi connectivity index (χ0v) is 19.6. The summed E-state index contributed by atoms with van der Waals surface area (Å²) in [4.78, 5) is 12.4. The summed E-state index contributed by atoms with van der Waals surface area (Å²) in [6.07, 6.45) is 4.55. The summed E-state index contributed by atoms with van der Waals surface area (Å²) in [5.74, 6) is -0.285. The Bertz CT molecular complexity index is 1420. The Labute approximate surface area is 201 Å². The molecule has 1 aliphatic rings. The highest BCUT2D eigenvalue weighted by molar-refractivity contribution is 7.92. The Kier molecular flexibility index (Phi) is 6.67. The predicted octanol–water partition coefficient (Wildman–Crippen LogP) is 5.43. The molecule has 1 amide bonds. The number of sulfonamides is 1. The molecule has 10 heteroatoms. The summed E-state index contributed by atoms with van der Waals surface area (Å²) >= 11 is 5.92. The molecule has 0 bridgehead atoms. The van der Waals surface area contributed by atoms with Gasteiger partial charge in [0.1, 0.15) is 17.2 Å². The van der Waals surface area contributed by atoms with E-state index < -0.39 is 15.9 Å². The third kappa shape index (κ3) is 4.95. The number of nitrogens with one attached hydrogen (secondary N) is 1. The molecule has 0 spiro atoms. The van der Waals surface area contributed by atoms with Gasteiger partial charge in [0, 0.05) is 16.1 Å². The summed E-state index contributed by atoms with van der Waals surface area (Å²) in [5.41, 5.74) is 1.59. The third-order valence-corrected chi connectivity index (χ3v) is 6.86. The molecule has 4 rings (SSSR count). The Hall–Kier alpha value is -3.69.